The molecule has 0 atom stereocenters. The van der Waals surface area contributed by atoms with Crippen LogP contribution in [0.25, 0.3) is 33.2 Å². The maximum absolute atomic E-state index is 5.28. The predicted octanol–water partition coefficient (Wildman–Crippen LogP) is 5.51. The lowest BCUT2D eigenvalue weighted by atomic mass is 9.95. The molecule has 1 aliphatic heterocycles. The first-order valence-electron chi connectivity index (χ1n) is 12.9. The van der Waals surface area contributed by atoms with Gasteiger partial charge in [-0.15, -0.1) is 0 Å². The van der Waals surface area contributed by atoms with Crippen molar-refractivity contribution in [2.75, 3.05) is 36.4 Å². The smallest absolute Gasteiger partial charge is 0.137 e. The highest BCUT2D eigenvalue weighted by Gasteiger charge is 2.20. The van der Waals surface area contributed by atoms with Crippen LogP contribution < -0.4 is 15.5 Å². The molecule has 1 saturated carbocycles. The zero-order valence-electron chi connectivity index (χ0n) is 20.1. The van der Waals surface area contributed by atoms with E-state index in [1.165, 1.54) is 32.1 Å². The van der Waals surface area contributed by atoms with Gasteiger partial charge in [0, 0.05) is 72.7 Å². The summed E-state index contributed by atoms with van der Waals surface area (Å²) in [6.07, 6.45) is 12.2. The first-order valence-corrected chi connectivity index (χ1v) is 12.9. The van der Waals surface area contributed by atoms with E-state index in [2.05, 4.69) is 69.0 Å². The third kappa shape index (κ3) is 4.71. The van der Waals surface area contributed by atoms with Gasteiger partial charge in [-0.05, 0) is 36.6 Å². The lowest BCUT2D eigenvalue weighted by Crippen LogP contribution is -2.44. The standard InChI is InChI=1S/C29H32N6/c1-3-7-21(8-4-1)26-20-32-28(33-23-9-5-2-6-10-23)18-25(26)27-17-22-19-31-12-11-24(22)29(34-27)35-15-13-30-14-16-35/h1,3-4,7-8,11-12,17-20,23,30H,2,5-6,9-10,13-16H2,(H,32,33). The quantitative estimate of drug-likeness (QED) is 0.406. The summed E-state index contributed by atoms with van der Waals surface area (Å²) in [6.45, 7) is 3.84. The van der Waals surface area contributed by atoms with Gasteiger partial charge in [-0.1, -0.05) is 49.6 Å². The van der Waals surface area contributed by atoms with E-state index < -0.39 is 0 Å². The van der Waals surface area contributed by atoms with E-state index in [-0.39, 0.29) is 0 Å². The van der Waals surface area contributed by atoms with Gasteiger partial charge in [-0.25, -0.2) is 9.97 Å². The van der Waals surface area contributed by atoms with Crippen molar-refractivity contribution in [2.45, 2.75) is 38.1 Å². The molecule has 0 amide bonds. The number of nitrogens with zero attached hydrogens (tertiary/aromatic N) is 4. The Balaban J connectivity index is 1.49. The highest BCUT2D eigenvalue weighted by atomic mass is 15.2. The number of anilines is 2. The first kappa shape index (κ1) is 22.0. The summed E-state index contributed by atoms with van der Waals surface area (Å²) in [4.78, 5) is 16.9. The molecule has 2 N–H and O–H groups in total. The van der Waals surface area contributed by atoms with Crippen molar-refractivity contribution in [3.63, 3.8) is 0 Å². The molecule has 35 heavy (non-hydrogen) atoms. The maximum atomic E-state index is 5.28. The van der Waals surface area contributed by atoms with Crippen molar-refractivity contribution >= 4 is 22.4 Å². The molecule has 2 fully saturated rings. The summed E-state index contributed by atoms with van der Waals surface area (Å²) in [5, 5.41) is 9.44. The molecule has 1 aliphatic carbocycles. The van der Waals surface area contributed by atoms with Crippen LogP contribution in [0, 0.1) is 0 Å². The van der Waals surface area contributed by atoms with Crippen LogP contribution in [-0.2, 0) is 0 Å². The summed E-state index contributed by atoms with van der Waals surface area (Å²) in [5.74, 6) is 1.97. The summed E-state index contributed by atoms with van der Waals surface area (Å²) in [7, 11) is 0. The van der Waals surface area contributed by atoms with Crippen molar-refractivity contribution in [1.82, 2.24) is 20.3 Å². The minimum absolute atomic E-state index is 0.497. The number of fused-ring (bicyclic) bond motifs is 1. The monoisotopic (exact) mass is 464 g/mol. The Morgan fingerprint density at radius 1 is 0.886 bits per heavy atom. The van der Waals surface area contributed by atoms with E-state index in [1.807, 2.05) is 18.6 Å². The second-order valence-electron chi connectivity index (χ2n) is 9.63. The second kappa shape index (κ2) is 10.0. The molecule has 1 saturated heterocycles. The average Bonchev–Trinajstić information content (AvgIpc) is 2.94. The summed E-state index contributed by atoms with van der Waals surface area (Å²) in [6, 6.07) is 17.5. The van der Waals surface area contributed by atoms with Crippen molar-refractivity contribution in [3.05, 3.63) is 67.1 Å². The van der Waals surface area contributed by atoms with E-state index in [0.29, 0.717) is 6.04 Å². The number of aromatic nitrogens is 3. The van der Waals surface area contributed by atoms with Crippen molar-refractivity contribution < 1.29 is 0 Å². The molecule has 4 heterocycles. The van der Waals surface area contributed by atoms with Gasteiger partial charge in [0.05, 0.1) is 5.69 Å². The molecular weight excluding hydrogens is 432 g/mol. The molecule has 6 nitrogen and oxygen atoms in total. The fraction of sp³-hybridized carbons (Fsp3) is 0.345. The van der Waals surface area contributed by atoms with Crippen molar-refractivity contribution in [3.8, 4) is 22.4 Å². The predicted molar refractivity (Wildman–Crippen MR) is 144 cm³/mol. The molecule has 4 aromatic rings. The van der Waals surface area contributed by atoms with Gasteiger partial charge in [0.25, 0.3) is 0 Å². The van der Waals surface area contributed by atoms with Crippen LogP contribution >= 0.6 is 0 Å². The summed E-state index contributed by atoms with van der Waals surface area (Å²) in [5.41, 5.74) is 4.32. The zero-order valence-corrected chi connectivity index (χ0v) is 20.1. The Hall–Kier alpha value is -3.51. The molecule has 0 radical (unpaired) electrons. The summed E-state index contributed by atoms with van der Waals surface area (Å²) >= 11 is 0. The number of hydrogen-bond acceptors (Lipinski definition) is 6. The fourth-order valence-corrected chi connectivity index (χ4v) is 5.38. The van der Waals surface area contributed by atoms with Gasteiger partial charge in [0.2, 0.25) is 0 Å². The van der Waals surface area contributed by atoms with Gasteiger partial charge >= 0.3 is 0 Å². The van der Waals surface area contributed by atoms with Gasteiger partial charge in [-0.3, -0.25) is 4.98 Å². The van der Waals surface area contributed by atoms with Gasteiger partial charge in [0.15, 0.2) is 0 Å². The Morgan fingerprint density at radius 2 is 1.71 bits per heavy atom. The number of rotatable bonds is 5. The minimum atomic E-state index is 0.497. The molecule has 6 rings (SSSR count). The Labute approximate surface area is 206 Å². The lowest BCUT2D eigenvalue weighted by Gasteiger charge is -2.30. The number of nitrogens with one attached hydrogen (secondary N) is 2. The highest BCUT2D eigenvalue weighted by molar-refractivity contribution is 5.96. The van der Waals surface area contributed by atoms with Crippen LogP contribution in [0.3, 0.4) is 0 Å². The van der Waals surface area contributed by atoms with Gasteiger partial charge in [-0.2, -0.15) is 0 Å². The van der Waals surface area contributed by atoms with Gasteiger partial charge in [0.1, 0.15) is 11.6 Å². The number of pyridine rings is 3. The molecule has 6 heteroatoms. The molecule has 3 aromatic heterocycles. The number of benzene rings is 1. The van der Waals surface area contributed by atoms with Crippen molar-refractivity contribution in [2.24, 2.45) is 0 Å². The third-order valence-corrected chi connectivity index (χ3v) is 7.25. The van der Waals surface area contributed by atoms with E-state index in [0.717, 1.165) is 71.0 Å². The van der Waals surface area contributed by atoms with E-state index in [9.17, 15) is 0 Å². The van der Waals surface area contributed by atoms with E-state index in [4.69, 9.17) is 9.97 Å². The largest absolute Gasteiger partial charge is 0.367 e. The lowest BCUT2D eigenvalue weighted by molar-refractivity contribution is 0.462. The third-order valence-electron chi connectivity index (χ3n) is 7.25. The topological polar surface area (TPSA) is 66.0 Å². The van der Waals surface area contributed by atoms with Crippen LogP contribution in [0.4, 0.5) is 11.6 Å². The number of hydrogen-bond donors (Lipinski definition) is 2. The average molecular weight is 465 g/mol. The van der Waals surface area contributed by atoms with Gasteiger partial charge < -0.3 is 15.5 Å². The molecule has 2 aliphatic rings. The molecular formula is C29H32N6. The first-order chi connectivity index (χ1) is 17.3. The Morgan fingerprint density at radius 3 is 2.54 bits per heavy atom. The number of piperazine rings is 1. The maximum Gasteiger partial charge on any atom is 0.137 e. The fourth-order valence-electron chi connectivity index (χ4n) is 5.38. The normalized spacial score (nSPS) is 17.0. The second-order valence-corrected chi connectivity index (χ2v) is 9.63. The van der Waals surface area contributed by atoms with E-state index in [1.54, 1.807) is 0 Å². The van der Waals surface area contributed by atoms with Crippen molar-refractivity contribution in [1.29, 1.82) is 0 Å². The molecule has 0 bridgehead atoms. The Bertz CT molecular complexity index is 1290. The zero-order chi connectivity index (χ0) is 23.5. The van der Waals surface area contributed by atoms with Crippen LogP contribution in [0.15, 0.2) is 67.1 Å². The minimum Gasteiger partial charge on any atom is -0.367 e. The molecule has 0 spiro atoms. The molecule has 1 aromatic carbocycles. The van der Waals surface area contributed by atoms with Crippen LogP contribution in [0.5, 0.6) is 0 Å². The Kier molecular flexibility index (Phi) is 6.28. The van der Waals surface area contributed by atoms with Crippen LogP contribution in [0.2, 0.25) is 0 Å². The van der Waals surface area contributed by atoms with Crippen LogP contribution in [0.1, 0.15) is 32.1 Å². The van der Waals surface area contributed by atoms with E-state index >= 15 is 0 Å². The molecule has 178 valence electrons. The highest BCUT2D eigenvalue weighted by Crippen LogP contribution is 2.36. The summed E-state index contributed by atoms with van der Waals surface area (Å²) < 4.78 is 0. The van der Waals surface area contributed by atoms with Crippen LogP contribution in [-0.4, -0.2) is 47.2 Å². The SMILES string of the molecule is c1ccc(-c2cnc(NC3CCCCC3)cc2-c2cc3cnccc3c(N3CCNCC3)n2)cc1. The molecule has 0 unspecified atom stereocenters.